The Morgan fingerprint density at radius 3 is 2.72 bits per heavy atom. The topological polar surface area (TPSA) is 66.6 Å². The van der Waals surface area contributed by atoms with Crippen LogP contribution in [0.1, 0.15) is 19.4 Å². The summed E-state index contributed by atoms with van der Waals surface area (Å²) in [6, 6.07) is 7.29. The Balaban J connectivity index is 2.64. The zero-order valence-electron chi connectivity index (χ0n) is 11.1. The van der Waals surface area contributed by atoms with Gasteiger partial charge in [-0.1, -0.05) is 12.1 Å². The molecule has 0 radical (unpaired) electrons. The number of nitrogen functional groups attached to an aromatic ring is 1. The van der Waals surface area contributed by atoms with E-state index in [9.17, 15) is 9.90 Å². The van der Waals surface area contributed by atoms with Crippen LogP contribution in [0.2, 0.25) is 0 Å². The lowest BCUT2D eigenvalue weighted by Gasteiger charge is -2.24. The molecule has 0 aliphatic rings. The minimum absolute atomic E-state index is 0.153. The van der Waals surface area contributed by atoms with Crippen molar-refractivity contribution in [3.8, 4) is 0 Å². The average Bonchev–Trinajstić information content (AvgIpc) is 2.23. The second-order valence-electron chi connectivity index (χ2n) is 5.01. The third kappa shape index (κ3) is 5.01. The zero-order chi connectivity index (χ0) is 13.8. The fourth-order valence-electron chi connectivity index (χ4n) is 1.62. The van der Waals surface area contributed by atoms with Crippen molar-refractivity contribution < 1.29 is 9.90 Å². The highest BCUT2D eigenvalue weighted by atomic mass is 16.3. The fourth-order valence-corrected chi connectivity index (χ4v) is 1.62. The van der Waals surface area contributed by atoms with Crippen LogP contribution < -0.4 is 5.73 Å². The number of hydrogen-bond donors (Lipinski definition) is 2. The average molecular weight is 248 g/mol. The third-order valence-corrected chi connectivity index (χ3v) is 2.33. The van der Waals surface area contributed by atoms with E-state index in [1.165, 1.54) is 11.0 Å². The molecule has 4 nitrogen and oxygen atoms in total. The zero-order valence-corrected chi connectivity index (χ0v) is 11.1. The third-order valence-electron chi connectivity index (χ3n) is 2.33. The number of hydrogen-bond acceptors (Lipinski definition) is 3. The van der Waals surface area contributed by atoms with Crippen molar-refractivity contribution in [3.05, 3.63) is 35.9 Å². The van der Waals surface area contributed by atoms with Gasteiger partial charge in [0.2, 0.25) is 5.91 Å². The van der Waals surface area contributed by atoms with E-state index >= 15 is 0 Å². The molecular weight excluding hydrogens is 228 g/mol. The summed E-state index contributed by atoms with van der Waals surface area (Å²) in [5.41, 5.74) is 6.29. The summed E-state index contributed by atoms with van der Waals surface area (Å²) in [5.74, 6) is -0.153. The molecule has 98 valence electrons. The number of aliphatic hydroxyl groups is 1. The Morgan fingerprint density at radius 1 is 1.50 bits per heavy atom. The molecule has 0 saturated carbocycles. The van der Waals surface area contributed by atoms with Gasteiger partial charge in [-0.05, 0) is 37.6 Å². The van der Waals surface area contributed by atoms with Gasteiger partial charge in [0.25, 0.3) is 0 Å². The molecule has 0 spiro atoms. The van der Waals surface area contributed by atoms with Crippen LogP contribution in [-0.4, -0.2) is 35.1 Å². The van der Waals surface area contributed by atoms with Crippen LogP contribution in [0.5, 0.6) is 0 Å². The van der Waals surface area contributed by atoms with Gasteiger partial charge in [0, 0.05) is 25.4 Å². The Bertz CT molecular complexity index is 447. The van der Waals surface area contributed by atoms with Crippen LogP contribution in [0.4, 0.5) is 5.69 Å². The molecule has 1 aromatic carbocycles. The molecular formula is C14H20N2O2. The second kappa shape index (κ2) is 5.69. The highest BCUT2D eigenvalue weighted by Crippen LogP contribution is 2.09. The van der Waals surface area contributed by atoms with Gasteiger partial charge in [-0.15, -0.1) is 0 Å². The van der Waals surface area contributed by atoms with Gasteiger partial charge >= 0.3 is 0 Å². The van der Waals surface area contributed by atoms with E-state index < -0.39 is 5.60 Å². The van der Waals surface area contributed by atoms with Crippen molar-refractivity contribution in [1.82, 2.24) is 4.90 Å². The number of likely N-dealkylation sites (N-methyl/N-ethyl adjacent to an activating group) is 1. The Labute approximate surface area is 108 Å². The Kier molecular flexibility index (Phi) is 4.50. The van der Waals surface area contributed by atoms with Crippen LogP contribution >= 0.6 is 0 Å². The van der Waals surface area contributed by atoms with Crippen LogP contribution in [0.25, 0.3) is 6.08 Å². The SMILES string of the molecule is CN(CC(C)(C)O)C(=O)/C=C/c1cccc(N)c1. The van der Waals surface area contributed by atoms with Gasteiger partial charge in [0.1, 0.15) is 0 Å². The standard InChI is InChI=1S/C14H20N2O2/c1-14(2,18)10-16(3)13(17)8-7-11-5-4-6-12(15)9-11/h4-9,18H,10,15H2,1-3H3/b8-7+. The first-order valence-corrected chi connectivity index (χ1v) is 5.79. The number of benzene rings is 1. The van der Waals surface area contributed by atoms with Gasteiger partial charge in [-0.3, -0.25) is 4.79 Å². The number of anilines is 1. The highest BCUT2D eigenvalue weighted by molar-refractivity contribution is 5.91. The summed E-state index contributed by atoms with van der Waals surface area (Å²) in [4.78, 5) is 13.3. The molecule has 0 unspecified atom stereocenters. The summed E-state index contributed by atoms with van der Waals surface area (Å²) in [7, 11) is 1.66. The Morgan fingerprint density at radius 2 is 2.17 bits per heavy atom. The molecule has 0 heterocycles. The van der Waals surface area contributed by atoms with Crippen molar-refractivity contribution in [2.75, 3.05) is 19.3 Å². The molecule has 0 aromatic heterocycles. The summed E-state index contributed by atoms with van der Waals surface area (Å²) in [5, 5.41) is 9.62. The van der Waals surface area contributed by atoms with Gasteiger partial charge < -0.3 is 15.7 Å². The molecule has 0 aliphatic heterocycles. The molecule has 4 heteroatoms. The first-order valence-electron chi connectivity index (χ1n) is 5.79. The maximum absolute atomic E-state index is 11.8. The van der Waals surface area contributed by atoms with Crippen molar-refractivity contribution in [3.63, 3.8) is 0 Å². The van der Waals surface area contributed by atoms with Crippen LogP contribution in [0.3, 0.4) is 0 Å². The molecule has 1 aromatic rings. The van der Waals surface area contributed by atoms with E-state index in [-0.39, 0.29) is 12.5 Å². The first-order chi connectivity index (χ1) is 8.28. The molecule has 0 saturated heterocycles. The Hall–Kier alpha value is -1.81. The lowest BCUT2D eigenvalue weighted by molar-refractivity contribution is -0.127. The number of nitrogens with zero attached hydrogens (tertiary/aromatic N) is 1. The van der Waals surface area contributed by atoms with E-state index in [2.05, 4.69) is 0 Å². The molecule has 3 N–H and O–H groups in total. The van der Waals surface area contributed by atoms with Crippen LogP contribution in [0.15, 0.2) is 30.3 Å². The second-order valence-corrected chi connectivity index (χ2v) is 5.01. The number of amides is 1. The minimum Gasteiger partial charge on any atom is -0.399 e. The number of nitrogens with two attached hydrogens (primary N) is 1. The van der Waals surface area contributed by atoms with E-state index in [1.54, 1.807) is 39.1 Å². The number of rotatable bonds is 4. The largest absolute Gasteiger partial charge is 0.399 e. The summed E-state index contributed by atoms with van der Waals surface area (Å²) in [6.45, 7) is 3.61. The fraction of sp³-hybridized carbons (Fsp3) is 0.357. The van der Waals surface area contributed by atoms with Gasteiger partial charge in [-0.25, -0.2) is 0 Å². The molecule has 1 amide bonds. The quantitative estimate of drug-likeness (QED) is 0.627. The van der Waals surface area contributed by atoms with Crippen molar-refractivity contribution in [2.24, 2.45) is 0 Å². The summed E-state index contributed by atoms with van der Waals surface area (Å²) >= 11 is 0. The molecule has 0 fully saturated rings. The maximum Gasteiger partial charge on any atom is 0.246 e. The normalized spacial score (nSPS) is 11.8. The van der Waals surface area contributed by atoms with Gasteiger partial charge in [0.15, 0.2) is 0 Å². The molecule has 0 aliphatic carbocycles. The lowest BCUT2D eigenvalue weighted by atomic mass is 10.1. The number of carbonyl (C=O) groups is 1. The van der Waals surface area contributed by atoms with E-state index in [0.29, 0.717) is 5.69 Å². The monoisotopic (exact) mass is 248 g/mol. The van der Waals surface area contributed by atoms with E-state index in [0.717, 1.165) is 5.56 Å². The molecule has 0 bridgehead atoms. The molecule has 0 atom stereocenters. The van der Waals surface area contributed by atoms with Crippen molar-refractivity contribution in [2.45, 2.75) is 19.4 Å². The van der Waals surface area contributed by atoms with E-state index in [1.807, 2.05) is 12.1 Å². The number of carbonyl (C=O) groups excluding carboxylic acids is 1. The van der Waals surface area contributed by atoms with Crippen LogP contribution in [-0.2, 0) is 4.79 Å². The van der Waals surface area contributed by atoms with Gasteiger partial charge in [0.05, 0.1) is 5.60 Å². The predicted molar refractivity (Wildman–Crippen MR) is 73.8 cm³/mol. The predicted octanol–water partition coefficient (Wildman–Crippen LogP) is 1.51. The van der Waals surface area contributed by atoms with Gasteiger partial charge in [-0.2, -0.15) is 0 Å². The smallest absolute Gasteiger partial charge is 0.246 e. The lowest BCUT2D eigenvalue weighted by Crippen LogP contribution is -2.38. The summed E-state index contributed by atoms with van der Waals surface area (Å²) < 4.78 is 0. The van der Waals surface area contributed by atoms with Crippen LogP contribution in [0, 0.1) is 0 Å². The maximum atomic E-state index is 11.8. The minimum atomic E-state index is -0.893. The van der Waals surface area contributed by atoms with E-state index in [4.69, 9.17) is 5.73 Å². The molecule has 1 rings (SSSR count). The molecule has 18 heavy (non-hydrogen) atoms. The highest BCUT2D eigenvalue weighted by Gasteiger charge is 2.17. The summed E-state index contributed by atoms with van der Waals surface area (Å²) in [6.07, 6.45) is 3.18. The van der Waals surface area contributed by atoms with Crippen molar-refractivity contribution >= 4 is 17.7 Å². The first kappa shape index (κ1) is 14.3. The van der Waals surface area contributed by atoms with Crippen molar-refractivity contribution in [1.29, 1.82) is 0 Å².